The van der Waals surface area contributed by atoms with Gasteiger partial charge >= 0.3 is 0 Å². The van der Waals surface area contributed by atoms with Crippen molar-refractivity contribution in [2.24, 2.45) is 5.92 Å². The molecule has 21 heavy (non-hydrogen) atoms. The molecule has 1 fully saturated rings. The number of hydrogen-bond donors (Lipinski definition) is 2. The standard InChI is InChI=1S/C16H24N2O2.ClH/c1-3-20-15-6-4-5-13(10-15)11-18-16(19)14-7-8-17-12(2)9-14;/h4-6,10,12,14,17H,3,7-9,11H2,1-2H3,(H,18,19);1H/t12-,14-;/m0./s1. The summed E-state index contributed by atoms with van der Waals surface area (Å²) < 4.78 is 5.46. The smallest absolute Gasteiger partial charge is 0.223 e. The van der Waals surface area contributed by atoms with E-state index in [1.807, 2.05) is 31.2 Å². The molecule has 1 amide bonds. The Balaban J connectivity index is 0.00000220. The first kappa shape index (κ1) is 17.8. The Morgan fingerprint density at radius 1 is 1.48 bits per heavy atom. The average Bonchev–Trinajstić information content (AvgIpc) is 2.45. The molecule has 0 spiro atoms. The lowest BCUT2D eigenvalue weighted by molar-refractivity contribution is -0.126. The second-order valence-corrected chi connectivity index (χ2v) is 5.37. The predicted octanol–water partition coefficient (Wildman–Crippen LogP) is 2.51. The Morgan fingerprint density at radius 2 is 2.29 bits per heavy atom. The van der Waals surface area contributed by atoms with Crippen LogP contribution in [0.2, 0.25) is 0 Å². The molecule has 1 saturated heterocycles. The Kier molecular flexibility index (Phi) is 7.54. The van der Waals surface area contributed by atoms with E-state index in [4.69, 9.17) is 4.74 Å². The van der Waals surface area contributed by atoms with E-state index in [2.05, 4.69) is 17.6 Å². The molecule has 2 atom stereocenters. The number of ether oxygens (including phenoxy) is 1. The van der Waals surface area contributed by atoms with Gasteiger partial charge in [0.15, 0.2) is 0 Å². The third-order valence-corrected chi connectivity index (χ3v) is 3.67. The van der Waals surface area contributed by atoms with Crippen LogP contribution in [-0.4, -0.2) is 25.1 Å². The molecule has 2 N–H and O–H groups in total. The molecule has 1 heterocycles. The predicted molar refractivity (Wildman–Crippen MR) is 86.9 cm³/mol. The molecule has 0 saturated carbocycles. The minimum atomic E-state index is 0. The zero-order chi connectivity index (χ0) is 14.4. The number of rotatable bonds is 5. The zero-order valence-corrected chi connectivity index (χ0v) is 13.5. The largest absolute Gasteiger partial charge is 0.494 e. The number of carbonyl (C=O) groups excluding carboxylic acids is 1. The van der Waals surface area contributed by atoms with Gasteiger partial charge in [-0.05, 0) is 50.9 Å². The van der Waals surface area contributed by atoms with Gasteiger partial charge in [0.05, 0.1) is 6.61 Å². The van der Waals surface area contributed by atoms with Crippen molar-refractivity contribution in [2.75, 3.05) is 13.2 Å². The van der Waals surface area contributed by atoms with E-state index in [9.17, 15) is 4.79 Å². The Labute approximate surface area is 133 Å². The molecule has 0 aromatic heterocycles. The van der Waals surface area contributed by atoms with Crippen LogP contribution in [0.4, 0.5) is 0 Å². The number of piperidine rings is 1. The van der Waals surface area contributed by atoms with E-state index in [1.54, 1.807) is 0 Å². The molecule has 0 aliphatic carbocycles. The van der Waals surface area contributed by atoms with E-state index in [-0.39, 0.29) is 24.2 Å². The van der Waals surface area contributed by atoms with Crippen molar-refractivity contribution >= 4 is 18.3 Å². The molecular weight excluding hydrogens is 288 g/mol. The summed E-state index contributed by atoms with van der Waals surface area (Å²) in [6, 6.07) is 8.31. The first-order chi connectivity index (χ1) is 9.69. The number of nitrogens with one attached hydrogen (secondary N) is 2. The van der Waals surface area contributed by atoms with E-state index in [0.29, 0.717) is 19.2 Å². The first-order valence-corrected chi connectivity index (χ1v) is 7.42. The number of halogens is 1. The van der Waals surface area contributed by atoms with Crippen LogP contribution < -0.4 is 15.4 Å². The van der Waals surface area contributed by atoms with Gasteiger partial charge in [-0.1, -0.05) is 12.1 Å². The summed E-state index contributed by atoms with van der Waals surface area (Å²) in [5, 5.41) is 6.40. The van der Waals surface area contributed by atoms with E-state index >= 15 is 0 Å². The molecule has 5 heteroatoms. The summed E-state index contributed by atoms with van der Waals surface area (Å²) in [7, 11) is 0. The topological polar surface area (TPSA) is 50.4 Å². The van der Waals surface area contributed by atoms with Crippen molar-refractivity contribution in [1.82, 2.24) is 10.6 Å². The highest BCUT2D eigenvalue weighted by Gasteiger charge is 2.24. The number of carbonyl (C=O) groups is 1. The maximum absolute atomic E-state index is 12.2. The number of amides is 1. The summed E-state index contributed by atoms with van der Waals surface area (Å²) in [5.74, 6) is 1.16. The van der Waals surface area contributed by atoms with Crippen LogP contribution in [0.1, 0.15) is 32.3 Å². The first-order valence-electron chi connectivity index (χ1n) is 7.42. The fourth-order valence-corrected chi connectivity index (χ4v) is 2.62. The monoisotopic (exact) mass is 312 g/mol. The second-order valence-electron chi connectivity index (χ2n) is 5.37. The van der Waals surface area contributed by atoms with Crippen LogP contribution in [0.25, 0.3) is 0 Å². The van der Waals surface area contributed by atoms with Crippen molar-refractivity contribution in [3.8, 4) is 5.75 Å². The van der Waals surface area contributed by atoms with Gasteiger partial charge in [0.1, 0.15) is 5.75 Å². The average molecular weight is 313 g/mol. The van der Waals surface area contributed by atoms with Gasteiger partial charge in [-0.25, -0.2) is 0 Å². The lowest BCUT2D eigenvalue weighted by Crippen LogP contribution is -2.42. The molecule has 2 rings (SSSR count). The van der Waals surface area contributed by atoms with Gasteiger partial charge < -0.3 is 15.4 Å². The van der Waals surface area contributed by atoms with Crippen molar-refractivity contribution in [3.05, 3.63) is 29.8 Å². The van der Waals surface area contributed by atoms with Gasteiger partial charge in [0.25, 0.3) is 0 Å². The quantitative estimate of drug-likeness (QED) is 0.878. The molecular formula is C16H25ClN2O2. The van der Waals surface area contributed by atoms with Crippen LogP contribution in [0, 0.1) is 5.92 Å². The molecule has 118 valence electrons. The lowest BCUT2D eigenvalue weighted by atomic mass is 9.92. The van der Waals surface area contributed by atoms with Crippen LogP contribution in [-0.2, 0) is 11.3 Å². The molecule has 1 aromatic rings. The Bertz CT molecular complexity index is 454. The normalized spacial score (nSPS) is 21.2. The van der Waals surface area contributed by atoms with Crippen molar-refractivity contribution in [1.29, 1.82) is 0 Å². The van der Waals surface area contributed by atoms with Gasteiger partial charge in [-0.3, -0.25) is 4.79 Å². The summed E-state index contributed by atoms with van der Waals surface area (Å²) in [6.07, 6.45) is 1.85. The zero-order valence-electron chi connectivity index (χ0n) is 12.7. The summed E-state index contributed by atoms with van der Waals surface area (Å²) in [5.41, 5.74) is 1.08. The van der Waals surface area contributed by atoms with Crippen LogP contribution in [0.15, 0.2) is 24.3 Å². The molecule has 1 aliphatic rings. The molecule has 0 bridgehead atoms. The highest BCUT2D eigenvalue weighted by Crippen LogP contribution is 2.17. The van der Waals surface area contributed by atoms with Gasteiger partial charge in [0.2, 0.25) is 5.91 Å². The van der Waals surface area contributed by atoms with Crippen molar-refractivity contribution in [3.63, 3.8) is 0 Å². The third-order valence-electron chi connectivity index (χ3n) is 3.67. The maximum Gasteiger partial charge on any atom is 0.223 e. The Hall–Kier alpha value is -1.26. The molecule has 4 nitrogen and oxygen atoms in total. The fourth-order valence-electron chi connectivity index (χ4n) is 2.62. The SMILES string of the molecule is CCOc1cccc(CNC(=O)[C@H]2CCN[C@@H](C)C2)c1.Cl. The highest BCUT2D eigenvalue weighted by molar-refractivity contribution is 5.85. The maximum atomic E-state index is 12.2. The van der Waals surface area contributed by atoms with Crippen LogP contribution >= 0.6 is 12.4 Å². The van der Waals surface area contributed by atoms with Crippen LogP contribution in [0.5, 0.6) is 5.75 Å². The molecule has 1 aromatic carbocycles. The van der Waals surface area contributed by atoms with E-state index in [0.717, 1.165) is 30.7 Å². The van der Waals surface area contributed by atoms with Gasteiger partial charge in [0, 0.05) is 18.5 Å². The summed E-state index contributed by atoms with van der Waals surface area (Å²) >= 11 is 0. The summed E-state index contributed by atoms with van der Waals surface area (Å²) in [4.78, 5) is 12.2. The van der Waals surface area contributed by atoms with Crippen molar-refractivity contribution < 1.29 is 9.53 Å². The minimum Gasteiger partial charge on any atom is -0.494 e. The summed E-state index contributed by atoms with van der Waals surface area (Å²) in [6.45, 7) is 6.25. The third kappa shape index (κ3) is 5.56. The van der Waals surface area contributed by atoms with Crippen molar-refractivity contribution in [2.45, 2.75) is 39.3 Å². The van der Waals surface area contributed by atoms with E-state index < -0.39 is 0 Å². The molecule has 1 aliphatic heterocycles. The fraction of sp³-hybridized carbons (Fsp3) is 0.562. The highest BCUT2D eigenvalue weighted by atomic mass is 35.5. The molecule has 0 radical (unpaired) electrons. The number of benzene rings is 1. The van der Waals surface area contributed by atoms with E-state index in [1.165, 1.54) is 0 Å². The Morgan fingerprint density at radius 3 is 3.00 bits per heavy atom. The van der Waals surface area contributed by atoms with Gasteiger partial charge in [-0.15, -0.1) is 12.4 Å². The lowest BCUT2D eigenvalue weighted by Gasteiger charge is -2.27. The minimum absolute atomic E-state index is 0. The second kappa shape index (κ2) is 8.90. The number of hydrogen-bond acceptors (Lipinski definition) is 3. The molecule has 0 unspecified atom stereocenters. The van der Waals surface area contributed by atoms with Crippen LogP contribution in [0.3, 0.4) is 0 Å². The van der Waals surface area contributed by atoms with Gasteiger partial charge in [-0.2, -0.15) is 0 Å².